The van der Waals surface area contributed by atoms with Crippen LogP contribution >= 0.6 is 0 Å². The summed E-state index contributed by atoms with van der Waals surface area (Å²) in [6.07, 6.45) is 0. The largest absolute Gasteiger partial charge is 0.280 e. The van der Waals surface area contributed by atoms with Crippen LogP contribution in [-0.2, 0) is 20.0 Å². The summed E-state index contributed by atoms with van der Waals surface area (Å²) < 4.78 is 55.1. The highest BCUT2D eigenvalue weighted by Crippen LogP contribution is 2.29. The zero-order valence-corrected chi connectivity index (χ0v) is 17.0. The molecular weight excluding hydrogens is 396 g/mol. The lowest BCUT2D eigenvalue weighted by molar-refractivity contribution is 0.587. The molecule has 0 saturated carbocycles. The number of nitrogens with one attached hydrogen (secondary N) is 2. The van der Waals surface area contributed by atoms with E-state index in [1.165, 1.54) is 25.2 Å². The summed E-state index contributed by atoms with van der Waals surface area (Å²) in [5.74, 6) is 0. The van der Waals surface area contributed by atoms with Gasteiger partial charge >= 0.3 is 0 Å². The lowest BCUT2D eigenvalue weighted by atomic mass is 10.1. The molecule has 0 bridgehead atoms. The van der Waals surface area contributed by atoms with Crippen molar-refractivity contribution in [2.45, 2.75) is 16.7 Å². The van der Waals surface area contributed by atoms with Crippen LogP contribution in [0.15, 0.2) is 82.6 Å². The van der Waals surface area contributed by atoms with Crippen molar-refractivity contribution in [3.63, 3.8) is 0 Å². The maximum Gasteiger partial charge on any atom is 0.262 e. The molecule has 28 heavy (non-hydrogen) atoms. The van der Waals surface area contributed by atoms with Gasteiger partial charge in [-0.25, -0.2) is 21.6 Å². The van der Waals surface area contributed by atoms with Crippen LogP contribution in [0.1, 0.15) is 5.56 Å². The molecule has 0 atom stereocenters. The smallest absolute Gasteiger partial charge is 0.262 e. The summed E-state index contributed by atoms with van der Waals surface area (Å²) in [6.45, 7) is 1.65. The number of rotatable bonds is 6. The van der Waals surface area contributed by atoms with Crippen molar-refractivity contribution in [2.75, 3.05) is 11.8 Å². The molecule has 0 aliphatic carbocycles. The Labute approximate surface area is 165 Å². The Balaban J connectivity index is 2.04. The summed E-state index contributed by atoms with van der Waals surface area (Å²) in [7, 11) is -6.34. The number of hydrogen-bond donors (Lipinski definition) is 2. The first-order valence-electron chi connectivity index (χ1n) is 8.46. The Hall–Kier alpha value is -2.68. The molecule has 6 nitrogen and oxygen atoms in total. The quantitative estimate of drug-likeness (QED) is 0.644. The average molecular weight is 417 g/mol. The Morgan fingerprint density at radius 3 is 2.04 bits per heavy atom. The van der Waals surface area contributed by atoms with E-state index in [9.17, 15) is 16.8 Å². The molecule has 0 heterocycles. The molecule has 0 unspecified atom stereocenters. The fourth-order valence-corrected chi connectivity index (χ4v) is 5.10. The molecule has 3 aromatic rings. The fraction of sp³-hybridized carbons (Fsp3) is 0.100. The van der Waals surface area contributed by atoms with Crippen LogP contribution in [-0.4, -0.2) is 23.9 Å². The standard InChI is InChI=1S/C20H20N2O4S2/c1-15-12-13-17(14-20(15)27(23,24)21-2)22-28(25,26)19-11-7-6-10-18(19)16-8-4-3-5-9-16/h3-14,21-22H,1-2H3. The van der Waals surface area contributed by atoms with E-state index in [1.54, 1.807) is 31.2 Å². The van der Waals surface area contributed by atoms with Crippen molar-refractivity contribution in [1.82, 2.24) is 4.72 Å². The normalized spacial score (nSPS) is 11.9. The second-order valence-electron chi connectivity index (χ2n) is 6.16. The molecule has 0 aliphatic rings. The molecular formula is C20H20N2O4S2. The average Bonchev–Trinajstić information content (AvgIpc) is 2.70. The van der Waals surface area contributed by atoms with E-state index < -0.39 is 20.0 Å². The van der Waals surface area contributed by atoms with Crippen molar-refractivity contribution in [2.24, 2.45) is 0 Å². The summed E-state index contributed by atoms with van der Waals surface area (Å²) >= 11 is 0. The maximum atomic E-state index is 13.0. The second kappa shape index (κ2) is 7.75. The zero-order valence-electron chi connectivity index (χ0n) is 15.4. The molecule has 0 aromatic heterocycles. The van der Waals surface area contributed by atoms with Gasteiger partial charge in [-0.2, -0.15) is 0 Å². The maximum absolute atomic E-state index is 13.0. The number of hydrogen-bond acceptors (Lipinski definition) is 4. The molecule has 8 heteroatoms. The minimum atomic E-state index is -3.94. The summed E-state index contributed by atoms with van der Waals surface area (Å²) in [5, 5.41) is 0. The van der Waals surface area contributed by atoms with Gasteiger partial charge in [-0.15, -0.1) is 0 Å². The van der Waals surface area contributed by atoms with Gasteiger partial charge in [-0.1, -0.05) is 54.6 Å². The van der Waals surface area contributed by atoms with Crippen LogP contribution in [0.3, 0.4) is 0 Å². The van der Waals surface area contributed by atoms with Crippen LogP contribution in [0.5, 0.6) is 0 Å². The van der Waals surface area contributed by atoms with Crippen molar-refractivity contribution >= 4 is 25.7 Å². The third kappa shape index (κ3) is 4.09. The zero-order chi connectivity index (χ0) is 20.4. The van der Waals surface area contributed by atoms with E-state index in [-0.39, 0.29) is 15.5 Å². The molecule has 0 aliphatic heterocycles. The molecule has 0 fully saturated rings. The van der Waals surface area contributed by atoms with E-state index in [4.69, 9.17) is 0 Å². The van der Waals surface area contributed by atoms with Gasteiger partial charge in [0.05, 0.1) is 15.5 Å². The van der Waals surface area contributed by atoms with Crippen LogP contribution in [0.2, 0.25) is 0 Å². The Morgan fingerprint density at radius 2 is 1.36 bits per heavy atom. The van der Waals surface area contributed by atoms with Gasteiger partial charge < -0.3 is 0 Å². The van der Waals surface area contributed by atoms with Gasteiger partial charge in [0.15, 0.2) is 0 Å². The third-order valence-corrected chi connectivity index (χ3v) is 7.26. The fourth-order valence-electron chi connectivity index (χ4n) is 2.83. The highest BCUT2D eigenvalue weighted by molar-refractivity contribution is 7.93. The molecule has 2 N–H and O–H groups in total. The Bertz CT molecular complexity index is 1210. The lowest BCUT2D eigenvalue weighted by Gasteiger charge is -2.14. The molecule has 0 radical (unpaired) electrons. The highest BCUT2D eigenvalue weighted by atomic mass is 32.2. The SMILES string of the molecule is CNS(=O)(=O)c1cc(NS(=O)(=O)c2ccccc2-c2ccccc2)ccc1C. The summed E-state index contributed by atoms with van der Waals surface area (Å²) in [4.78, 5) is 0.131. The number of anilines is 1. The topological polar surface area (TPSA) is 92.3 Å². The minimum Gasteiger partial charge on any atom is -0.280 e. The van der Waals surface area contributed by atoms with Crippen LogP contribution in [0.25, 0.3) is 11.1 Å². The van der Waals surface area contributed by atoms with Crippen LogP contribution < -0.4 is 9.44 Å². The molecule has 0 amide bonds. The first-order valence-corrected chi connectivity index (χ1v) is 11.4. The van der Waals surface area contributed by atoms with Crippen molar-refractivity contribution in [1.29, 1.82) is 0 Å². The van der Waals surface area contributed by atoms with Crippen molar-refractivity contribution < 1.29 is 16.8 Å². The van der Waals surface area contributed by atoms with Crippen molar-refractivity contribution in [3.8, 4) is 11.1 Å². The van der Waals surface area contributed by atoms with E-state index >= 15 is 0 Å². The van der Waals surface area contributed by atoms with Gasteiger partial charge in [-0.05, 0) is 43.3 Å². The molecule has 3 rings (SSSR count). The highest BCUT2D eigenvalue weighted by Gasteiger charge is 2.21. The Kier molecular flexibility index (Phi) is 5.55. The van der Waals surface area contributed by atoms with Crippen molar-refractivity contribution in [3.05, 3.63) is 78.4 Å². The van der Waals surface area contributed by atoms with Gasteiger partial charge in [0.1, 0.15) is 0 Å². The summed E-state index contributed by atoms with van der Waals surface area (Å²) in [5.41, 5.74) is 2.01. The van der Waals surface area contributed by atoms with Gasteiger partial charge in [-0.3, -0.25) is 4.72 Å². The van der Waals surface area contributed by atoms with E-state index in [0.29, 0.717) is 11.1 Å². The number of aryl methyl sites for hydroxylation is 1. The van der Waals surface area contributed by atoms with E-state index in [2.05, 4.69) is 9.44 Å². The molecule has 146 valence electrons. The first-order chi connectivity index (χ1) is 13.2. The molecule has 0 saturated heterocycles. The van der Waals surface area contributed by atoms with E-state index in [0.717, 1.165) is 5.56 Å². The predicted octanol–water partition coefficient (Wildman–Crippen LogP) is 3.37. The van der Waals surface area contributed by atoms with Crippen LogP contribution in [0.4, 0.5) is 5.69 Å². The van der Waals surface area contributed by atoms with Gasteiger partial charge in [0.25, 0.3) is 10.0 Å². The lowest BCUT2D eigenvalue weighted by Crippen LogP contribution is -2.20. The minimum absolute atomic E-state index is 0.0199. The predicted molar refractivity (Wildman–Crippen MR) is 110 cm³/mol. The molecule has 0 spiro atoms. The monoisotopic (exact) mass is 416 g/mol. The van der Waals surface area contributed by atoms with Gasteiger partial charge in [0, 0.05) is 5.56 Å². The first kappa shape index (κ1) is 20.1. The van der Waals surface area contributed by atoms with Crippen LogP contribution in [0, 0.1) is 6.92 Å². The van der Waals surface area contributed by atoms with E-state index in [1.807, 2.05) is 30.3 Å². The Morgan fingerprint density at radius 1 is 0.714 bits per heavy atom. The molecule has 3 aromatic carbocycles. The second-order valence-corrected chi connectivity index (χ2v) is 9.66. The third-order valence-electron chi connectivity index (χ3n) is 4.26. The number of sulfonamides is 2. The summed E-state index contributed by atoms with van der Waals surface area (Å²) in [6, 6.07) is 20.3. The number of benzene rings is 3. The van der Waals surface area contributed by atoms with Gasteiger partial charge in [0.2, 0.25) is 10.0 Å².